The number of hydrogen-bond donors (Lipinski definition) is 1. The Morgan fingerprint density at radius 2 is 1.86 bits per heavy atom. The zero-order valence-electron chi connectivity index (χ0n) is 13.3. The zero-order valence-corrected chi connectivity index (χ0v) is 13.3. The summed E-state index contributed by atoms with van der Waals surface area (Å²) in [5.41, 5.74) is 3.41. The van der Waals surface area contributed by atoms with E-state index in [1.54, 1.807) is 0 Å². The molecule has 0 amide bonds. The molecule has 0 aliphatic rings. The van der Waals surface area contributed by atoms with Crippen LogP contribution in [0.15, 0.2) is 36.4 Å². The maximum atomic E-state index is 5.93. The van der Waals surface area contributed by atoms with E-state index in [-0.39, 0.29) is 0 Å². The van der Waals surface area contributed by atoms with Crippen molar-refractivity contribution in [3.05, 3.63) is 53.2 Å². The first-order valence-corrected chi connectivity index (χ1v) is 7.55. The van der Waals surface area contributed by atoms with Crippen LogP contribution in [0.3, 0.4) is 0 Å². The Balaban J connectivity index is 2.13. The molecule has 0 spiro atoms. The molecule has 0 fully saturated rings. The molecule has 0 bridgehead atoms. The Morgan fingerprint density at radius 3 is 2.52 bits per heavy atom. The minimum Gasteiger partial charge on any atom is -0.439 e. The Morgan fingerprint density at radius 1 is 1.10 bits per heavy atom. The van der Waals surface area contributed by atoms with Crippen molar-refractivity contribution in [2.75, 3.05) is 0 Å². The van der Waals surface area contributed by atoms with Gasteiger partial charge >= 0.3 is 0 Å². The first-order valence-electron chi connectivity index (χ1n) is 7.55. The molecule has 0 radical (unpaired) electrons. The summed E-state index contributed by atoms with van der Waals surface area (Å²) < 4.78 is 5.93. The first-order chi connectivity index (χ1) is 10.1. The zero-order chi connectivity index (χ0) is 15.2. The van der Waals surface area contributed by atoms with Crippen molar-refractivity contribution in [1.82, 2.24) is 10.3 Å². The van der Waals surface area contributed by atoms with Gasteiger partial charge in [0.1, 0.15) is 5.75 Å². The number of hydrogen-bond acceptors (Lipinski definition) is 3. The summed E-state index contributed by atoms with van der Waals surface area (Å²) in [4.78, 5) is 4.56. The summed E-state index contributed by atoms with van der Waals surface area (Å²) >= 11 is 0. The molecule has 0 saturated heterocycles. The highest BCUT2D eigenvalue weighted by Gasteiger charge is 2.06. The fourth-order valence-corrected chi connectivity index (χ4v) is 2.13. The minimum absolute atomic E-state index is 0.469. The van der Waals surface area contributed by atoms with Gasteiger partial charge in [-0.3, -0.25) is 0 Å². The predicted molar refractivity (Wildman–Crippen MR) is 86.8 cm³/mol. The summed E-state index contributed by atoms with van der Waals surface area (Å²) in [7, 11) is 0. The maximum Gasteiger partial charge on any atom is 0.219 e. The molecule has 1 aromatic heterocycles. The third kappa shape index (κ3) is 4.30. The number of aromatic nitrogens is 1. The second kappa shape index (κ2) is 7.23. The van der Waals surface area contributed by atoms with Crippen molar-refractivity contribution in [2.24, 2.45) is 0 Å². The lowest BCUT2D eigenvalue weighted by molar-refractivity contribution is 0.455. The molecule has 0 unspecified atom stereocenters. The largest absolute Gasteiger partial charge is 0.439 e. The molecule has 3 heteroatoms. The van der Waals surface area contributed by atoms with Crippen LogP contribution in [-0.2, 0) is 13.0 Å². The molecule has 112 valence electrons. The van der Waals surface area contributed by atoms with Gasteiger partial charge in [0.15, 0.2) is 0 Å². The number of nitrogens with one attached hydrogen (secondary N) is 1. The molecule has 1 N–H and O–H groups in total. The summed E-state index contributed by atoms with van der Waals surface area (Å²) in [5.74, 6) is 1.54. The summed E-state index contributed by atoms with van der Waals surface area (Å²) in [6.07, 6.45) is 0.950. The summed E-state index contributed by atoms with van der Waals surface area (Å²) in [6.45, 7) is 9.27. The molecule has 2 rings (SSSR count). The third-order valence-corrected chi connectivity index (χ3v) is 3.44. The number of benzene rings is 1. The molecule has 0 aliphatic carbocycles. The number of aryl methyl sites for hydroxylation is 2. The number of ether oxygens (including phenoxy) is 1. The normalized spacial score (nSPS) is 10.9. The molecular formula is C18H24N2O. The van der Waals surface area contributed by atoms with Crippen LogP contribution in [-0.4, -0.2) is 11.0 Å². The van der Waals surface area contributed by atoms with Crippen molar-refractivity contribution in [3.63, 3.8) is 0 Å². The van der Waals surface area contributed by atoms with Gasteiger partial charge in [-0.1, -0.05) is 45.0 Å². The topological polar surface area (TPSA) is 34.1 Å². The van der Waals surface area contributed by atoms with E-state index in [4.69, 9.17) is 4.74 Å². The monoisotopic (exact) mass is 284 g/mol. The van der Waals surface area contributed by atoms with Crippen LogP contribution in [0.1, 0.15) is 37.6 Å². The Kier molecular flexibility index (Phi) is 5.34. The van der Waals surface area contributed by atoms with Crippen LogP contribution in [0.2, 0.25) is 0 Å². The highest BCUT2D eigenvalue weighted by Crippen LogP contribution is 2.25. The Labute approximate surface area is 127 Å². The van der Waals surface area contributed by atoms with E-state index in [0.717, 1.165) is 24.4 Å². The van der Waals surface area contributed by atoms with Gasteiger partial charge in [-0.25, -0.2) is 4.98 Å². The fraction of sp³-hybridized carbons (Fsp3) is 0.389. The van der Waals surface area contributed by atoms with E-state index in [0.29, 0.717) is 11.9 Å². The van der Waals surface area contributed by atoms with Gasteiger partial charge in [0, 0.05) is 24.3 Å². The van der Waals surface area contributed by atoms with Crippen LogP contribution in [0.5, 0.6) is 11.6 Å². The predicted octanol–water partition coefficient (Wildman–Crippen LogP) is 4.24. The van der Waals surface area contributed by atoms with E-state index in [1.165, 1.54) is 11.1 Å². The summed E-state index contributed by atoms with van der Waals surface area (Å²) in [6, 6.07) is 12.6. The fourth-order valence-electron chi connectivity index (χ4n) is 2.13. The molecule has 0 aliphatic heterocycles. The molecule has 0 saturated carbocycles. The van der Waals surface area contributed by atoms with Crippen molar-refractivity contribution < 1.29 is 4.74 Å². The smallest absolute Gasteiger partial charge is 0.219 e. The van der Waals surface area contributed by atoms with Crippen molar-refractivity contribution in [3.8, 4) is 11.6 Å². The van der Waals surface area contributed by atoms with E-state index >= 15 is 0 Å². The van der Waals surface area contributed by atoms with Gasteiger partial charge in [-0.05, 0) is 30.5 Å². The standard InChI is InChI=1S/C18H24N2O/c1-5-15-8-6-7-9-17(15)21-18-11-10-16(14(4)20-18)12-19-13(2)3/h6-11,13,19H,5,12H2,1-4H3. The second-order valence-electron chi connectivity index (χ2n) is 5.49. The highest BCUT2D eigenvalue weighted by atomic mass is 16.5. The number of pyridine rings is 1. The second-order valence-corrected chi connectivity index (χ2v) is 5.49. The molecule has 3 nitrogen and oxygen atoms in total. The summed E-state index contributed by atoms with van der Waals surface area (Å²) in [5, 5.41) is 3.41. The van der Waals surface area contributed by atoms with Crippen molar-refractivity contribution in [2.45, 2.75) is 46.7 Å². The average Bonchev–Trinajstić information content (AvgIpc) is 2.47. The van der Waals surface area contributed by atoms with Crippen LogP contribution in [0.25, 0.3) is 0 Å². The lowest BCUT2D eigenvalue weighted by Gasteiger charge is -2.13. The average molecular weight is 284 g/mol. The van der Waals surface area contributed by atoms with Gasteiger partial charge in [-0.2, -0.15) is 0 Å². The van der Waals surface area contributed by atoms with E-state index in [1.807, 2.05) is 31.2 Å². The van der Waals surface area contributed by atoms with Gasteiger partial charge in [0.2, 0.25) is 5.88 Å². The van der Waals surface area contributed by atoms with Gasteiger partial charge in [0.25, 0.3) is 0 Å². The Hall–Kier alpha value is -1.87. The van der Waals surface area contributed by atoms with E-state index in [2.05, 4.69) is 43.2 Å². The molecule has 2 aromatic rings. The lowest BCUT2D eigenvalue weighted by Crippen LogP contribution is -2.22. The highest BCUT2D eigenvalue weighted by molar-refractivity contribution is 5.36. The van der Waals surface area contributed by atoms with Crippen LogP contribution in [0, 0.1) is 6.92 Å². The number of nitrogens with zero attached hydrogens (tertiary/aromatic N) is 1. The molecule has 1 heterocycles. The minimum atomic E-state index is 0.469. The van der Waals surface area contributed by atoms with Crippen molar-refractivity contribution >= 4 is 0 Å². The first kappa shape index (κ1) is 15.5. The van der Waals surface area contributed by atoms with E-state index in [9.17, 15) is 0 Å². The van der Waals surface area contributed by atoms with Gasteiger partial charge < -0.3 is 10.1 Å². The Bertz CT molecular complexity index is 594. The van der Waals surface area contributed by atoms with Crippen LogP contribution >= 0.6 is 0 Å². The number of para-hydroxylation sites is 1. The van der Waals surface area contributed by atoms with Crippen LogP contribution in [0.4, 0.5) is 0 Å². The van der Waals surface area contributed by atoms with Crippen LogP contribution < -0.4 is 10.1 Å². The molecule has 0 atom stereocenters. The SMILES string of the molecule is CCc1ccccc1Oc1ccc(CNC(C)C)c(C)n1. The van der Waals surface area contributed by atoms with Crippen molar-refractivity contribution in [1.29, 1.82) is 0 Å². The van der Waals surface area contributed by atoms with E-state index < -0.39 is 0 Å². The maximum absolute atomic E-state index is 5.93. The van der Waals surface area contributed by atoms with Gasteiger partial charge in [0.05, 0.1) is 0 Å². The molecule has 1 aromatic carbocycles. The molecular weight excluding hydrogens is 260 g/mol. The van der Waals surface area contributed by atoms with Gasteiger partial charge in [-0.15, -0.1) is 0 Å². The lowest BCUT2D eigenvalue weighted by atomic mass is 10.1. The third-order valence-electron chi connectivity index (χ3n) is 3.44. The number of rotatable bonds is 6. The molecule has 21 heavy (non-hydrogen) atoms. The quantitative estimate of drug-likeness (QED) is 0.861.